The first-order chi connectivity index (χ1) is 25.2. The highest BCUT2D eigenvalue weighted by atomic mass is 79.9. The Kier molecular flexibility index (Phi) is 6.04. The van der Waals surface area contributed by atoms with Crippen molar-refractivity contribution >= 4 is 74.0 Å². The summed E-state index contributed by atoms with van der Waals surface area (Å²) < 4.78 is 115. The first-order valence-electron chi connectivity index (χ1n) is 18.0. The van der Waals surface area contributed by atoms with Crippen LogP contribution in [-0.2, 0) is 26.5 Å². The molecule has 6 rings (SSSR count). The van der Waals surface area contributed by atoms with E-state index in [-0.39, 0.29) is 9.79 Å². The molecule has 216 valence electrons. The van der Waals surface area contributed by atoms with Gasteiger partial charge in [-0.05, 0) is 86.8 Å². The number of pyridine rings is 2. The molecule has 0 fully saturated rings. The maximum Gasteiger partial charge on any atom is 0.269 e. The zero-order valence-electron chi connectivity index (χ0n) is 33.0. The first-order valence-corrected chi connectivity index (χ1v) is 16.5. The van der Waals surface area contributed by atoms with Gasteiger partial charge in [0.25, 0.3) is 20.0 Å². The van der Waals surface area contributed by atoms with Crippen LogP contribution in [-0.4, -0.2) is 34.7 Å². The molecule has 0 saturated heterocycles. The molecule has 0 spiro atoms. The minimum absolute atomic E-state index is 0.245. The van der Waals surface area contributed by atoms with E-state index in [1.54, 1.807) is 91.3 Å². The Morgan fingerprint density at radius 3 is 1.82 bits per heavy atom. The monoisotopic (exact) mass is 724 g/mol. The van der Waals surface area contributed by atoms with E-state index >= 15 is 0 Å². The van der Waals surface area contributed by atoms with E-state index in [0.29, 0.717) is 23.4 Å². The van der Waals surface area contributed by atoms with Gasteiger partial charge in [0.1, 0.15) is 0 Å². The maximum atomic E-state index is 12.9. The summed E-state index contributed by atoms with van der Waals surface area (Å²) in [6.07, 6.45) is 5.30. The fourth-order valence-corrected chi connectivity index (χ4v) is 7.93. The summed E-state index contributed by atoms with van der Waals surface area (Å²) in [4.78, 5) is 8.91. The molecule has 0 atom stereocenters. The second-order valence-corrected chi connectivity index (χ2v) is 13.9. The summed E-state index contributed by atoms with van der Waals surface area (Å²) in [7, 11) is -7.25. The quantitative estimate of drug-likeness (QED) is 0.178. The molecule has 0 aliphatic rings. The Hall–Kier alpha value is -3.32. The van der Waals surface area contributed by atoms with Gasteiger partial charge in [-0.2, -0.15) is 0 Å². The van der Waals surface area contributed by atoms with Crippen molar-refractivity contribution in [1.29, 1.82) is 0 Å². The number of aromatic nitrogens is 4. The van der Waals surface area contributed by atoms with Gasteiger partial charge in [-0.3, -0.25) is 0 Å². The molecule has 6 aromatic rings. The summed E-state index contributed by atoms with van der Waals surface area (Å²) in [6.45, 7) is 1.93. The average Bonchev–Trinajstić information content (AvgIpc) is 3.85. The van der Waals surface area contributed by atoms with Crippen LogP contribution in [0.4, 0.5) is 0 Å². The summed E-state index contributed by atoms with van der Waals surface area (Å²) >= 11 is 6.83. The van der Waals surface area contributed by atoms with Crippen LogP contribution < -0.4 is 0 Å². The molecule has 0 amide bonds. The highest BCUT2D eigenvalue weighted by Gasteiger charge is 2.24. The van der Waals surface area contributed by atoms with Crippen LogP contribution in [0.15, 0.2) is 122 Å². The Morgan fingerprint density at radius 2 is 1.25 bits per heavy atom. The van der Waals surface area contributed by atoms with Crippen LogP contribution in [0.3, 0.4) is 0 Å². The molecule has 40 heavy (non-hydrogen) atoms. The van der Waals surface area contributed by atoms with Crippen molar-refractivity contribution in [3.05, 3.63) is 118 Å². The van der Waals surface area contributed by atoms with Gasteiger partial charge in [0.2, 0.25) is 0 Å². The van der Waals surface area contributed by atoms with Crippen molar-refractivity contribution < 1.29 is 34.7 Å². The lowest BCUT2D eigenvalue weighted by Gasteiger charge is -2.10. The highest BCUT2D eigenvalue weighted by Crippen LogP contribution is 2.29. The average molecular weight is 727 g/mol. The number of benzene rings is 2. The molecule has 4 aromatic heterocycles. The third-order valence-corrected chi connectivity index (χ3v) is 10.9. The third kappa shape index (κ3) is 5.12. The first kappa shape index (κ1) is 21.4. The number of halogens is 2. The lowest BCUT2D eigenvalue weighted by molar-refractivity contribution is 0.585. The Bertz CT molecular complexity index is 2080. The molecule has 2 aromatic carbocycles. The number of hydrogen-bond donors (Lipinski definition) is 0. The minimum atomic E-state index is -3.65. The SMILES string of the molecule is CCc1cc2c(Br)ccnc2n1S(=O)(=O)c1ccccc1.O=S(=O)(c1ccccc1)n1ccc2c(Br)ccnc21.[2H][2H].[2H][2H].[2H][2H].[2H][2H].[2H][2H].[2H][2H]. The maximum absolute atomic E-state index is 12.9. The molecule has 0 unspecified atom stereocenters. The standard InChI is InChI=1S/C15H13BrN2O2S.C13H9BrN2O2S.6H2/c1-2-11-10-13-14(16)8-9-17-15(13)18(11)21(19,20)12-6-4-3-5-7-12;14-12-6-8-15-13-11(12)7-9-16(13)19(17,18)10-4-2-1-3-5-10;;;;;;/h3-10H,2H2,1H3;1-9H;6*1H/i;;6*1+1D. The minimum Gasteiger partial charge on any atom is -0.237 e. The zero-order valence-corrected chi connectivity index (χ0v) is 25.8. The van der Waals surface area contributed by atoms with Crippen molar-refractivity contribution in [1.82, 2.24) is 17.9 Å². The number of rotatable bonds is 5. The van der Waals surface area contributed by atoms with E-state index in [1.165, 1.54) is 14.1 Å². The fourth-order valence-electron chi connectivity index (χ4n) is 4.19. The lowest BCUT2D eigenvalue weighted by Crippen LogP contribution is -2.15. The van der Waals surface area contributed by atoms with E-state index < -0.39 is 20.0 Å². The third-order valence-electron chi connectivity index (χ3n) is 6.12. The van der Waals surface area contributed by atoms with Crippen molar-refractivity contribution in [2.24, 2.45) is 0 Å². The van der Waals surface area contributed by atoms with E-state index in [2.05, 4.69) is 41.8 Å². The number of fused-ring (bicyclic) bond motifs is 2. The number of hydrogen-bond acceptors (Lipinski definition) is 6. The molecular weight excluding hydrogens is 680 g/mol. The Balaban J connectivity index is 0. The second-order valence-electron chi connectivity index (χ2n) is 8.56. The lowest BCUT2D eigenvalue weighted by atomic mass is 10.3. The van der Waals surface area contributed by atoms with Crippen molar-refractivity contribution in [2.45, 2.75) is 23.1 Å². The van der Waals surface area contributed by atoms with Gasteiger partial charge in [0, 0.05) is 61.8 Å². The summed E-state index contributed by atoms with van der Waals surface area (Å²) in [6, 6.07) is 23.9. The molecule has 0 N–H and O–H groups in total. The van der Waals surface area contributed by atoms with E-state index in [9.17, 15) is 16.8 Å². The van der Waals surface area contributed by atoms with Crippen LogP contribution in [0.2, 0.25) is 0 Å². The molecule has 0 aliphatic heterocycles. The fraction of sp³-hybridized carbons (Fsp3) is 0.0714. The zero-order chi connectivity index (χ0) is 40.5. The van der Waals surface area contributed by atoms with Gasteiger partial charge in [-0.25, -0.2) is 34.7 Å². The summed E-state index contributed by atoms with van der Waals surface area (Å²) in [5, 5.41) is 1.57. The Morgan fingerprint density at radius 1 is 0.725 bits per heavy atom. The van der Waals surface area contributed by atoms with Crippen LogP contribution >= 0.6 is 31.9 Å². The predicted molar refractivity (Wildman–Crippen MR) is 175 cm³/mol. The van der Waals surface area contributed by atoms with E-state index in [4.69, 9.17) is 17.8 Å². The topological polar surface area (TPSA) is 104 Å². The van der Waals surface area contributed by atoms with Gasteiger partial charge in [0.15, 0.2) is 11.3 Å². The van der Waals surface area contributed by atoms with Crippen molar-refractivity contribution in [3.63, 3.8) is 0 Å². The predicted octanol–water partition coefficient (Wildman–Crippen LogP) is 8.11. The van der Waals surface area contributed by atoms with Crippen LogP contribution in [0.25, 0.3) is 22.1 Å². The van der Waals surface area contributed by atoms with Crippen molar-refractivity contribution in [3.8, 4) is 0 Å². The normalized spacial score (nSPS) is 13.1. The van der Waals surface area contributed by atoms with Gasteiger partial charge in [-0.1, -0.05) is 43.3 Å². The van der Waals surface area contributed by atoms with E-state index in [0.717, 1.165) is 19.7 Å². The van der Waals surface area contributed by atoms with Gasteiger partial charge in [0.05, 0.1) is 9.79 Å². The molecule has 4 heterocycles. The van der Waals surface area contributed by atoms with Gasteiger partial charge in [-0.15, -0.1) is 0 Å². The van der Waals surface area contributed by atoms with Crippen LogP contribution in [0.5, 0.6) is 0 Å². The summed E-state index contributed by atoms with van der Waals surface area (Å²) in [5.41, 5.74) is 1.58. The van der Waals surface area contributed by atoms with E-state index in [1.807, 2.05) is 13.0 Å². The smallest absolute Gasteiger partial charge is 0.237 e. The molecule has 0 bridgehead atoms. The van der Waals surface area contributed by atoms with Gasteiger partial charge < -0.3 is 0 Å². The van der Waals surface area contributed by atoms with Crippen molar-refractivity contribution in [2.75, 3.05) is 0 Å². The second kappa shape index (κ2) is 11.3. The molecule has 12 heteroatoms. The Labute approximate surface area is 267 Å². The molecule has 0 aliphatic carbocycles. The molecule has 0 saturated carbocycles. The van der Waals surface area contributed by atoms with Crippen LogP contribution in [0.1, 0.15) is 30.4 Å². The van der Waals surface area contributed by atoms with Crippen LogP contribution in [0, 0.1) is 0 Å². The molecule has 8 nitrogen and oxygen atoms in total. The molecular formula is C28H34Br2N4O4S2. The largest absolute Gasteiger partial charge is 0.269 e. The number of nitrogens with zero attached hydrogens (tertiary/aromatic N) is 4. The highest BCUT2D eigenvalue weighted by molar-refractivity contribution is 9.11. The molecule has 0 radical (unpaired) electrons. The van der Waals surface area contributed by atoms with Gasteiger partial charge >= 0.3 is 0 Å². The number of aryl methyl sites for hydroxylation is 1. The summed E-state index contributed by atoms with van der Waals surface area (Å²) in [5.74, 6) is 0.